The van der Waals surface area contributed by atoms with Gasteiger partial charge in [0.25, 0.3) is 0 Å². The average molecular weight is 384 g/mol. The van der Waals surface area contributed by atoms with Crippen LogP contribution < -0.4 is 5.32 Å². The Kier molecular flexibility index (Phi) is 5.09. The molecular weight excluding hydrogens is 360 g/mol. The van der Waals surface area contributed by atoms with Crippen LogP contribution in [0.5, 0.6) is 0 Å². The van der Waals surface area contributed by atoms with E-state index in [-0.39, 0.29) is 11.5 Å². The van der Waals surface area contributed by atoms with Gasteiger partial charge in [0.15, 0.2) is 0 Å². The van der Waals surface area contributed by atoms with Crippen molar-refractivity contribution in [3.63, 3.8) is 0 Å². The Bertz CT molecular complexity index is 1160. The zero-order valence-electron chi connectivity index (χ0n) is 16.6. The van der Waals surface area contributed by atoms with E-state index in [1.165, 1.54) is 5.56 Å². The van der Waals surface area contributed by atoms with Crippen molar-refractivity contribution in [2.45, 2.75) is 26.3 Å². The number of carbonyl (C=O) groups is 1. The predicted molar refractivity (Wildman–Crippen MR) is 118 cm³/mol. The van der Waals surface area contributed by atoms with Crippen LogP contribution in [-0.2, 0) is 6.54 Å². The summed E-state index contributed by atoms with van der Waals surface area (Å²) in [7, 11) is 0. The maximum Gasteiger partial charge on any atom is 0.337 e. The first-order valence-corrected chi connectivity index (χ1v) is 9.78. The minimum Gasteiger partial charge on any atom is -0.478 e. The number of fused-ring (bicyclic) bond motifs is 1. The van der Waals surface area contributed by atoms with Gasteiger partial charge in [-0.2, -0.15) is 0 Å². The lowest BCUT2D eigenvalue weighted by Gasteiger charge is -2.13. The maximum absolute atomic E-state index is 11.7. The van der Waals surface area contributed by atoms with Crippen LogP contribution in [0.15, 0.2) is 79.0 Å². The van der Waals surface area contributed by atoms with Gasteiger partial charge in [-0.1, -0.05) is 50.2 Å². The van der Waals surface area contributed by atoms with Crippen LogP contribution in [0, 0.1) is 0 Å². The summed E-state index contributed by atoms with van der Waals surface area (Å²) in [6, 6.07) is 24.2. The van der Waals surface area contributed by atoms with Crippen LogP contribution in [0.3, 0.4) is 0 Å². The van der Waals surface area contributed by atoms with Gasteiger partial charge in [0.2, 0.25) is 0 Å². The van der Waals surface area contributed by atoms with E-state index < -0.39 is 5.97 Å². The van der Waals surface area contributed by atoms with Gasteiger partial charge in [0, 0.05) is 29.3 Å². The van der Waals surface area contributed by atoms with Crippen molar-refractivity contribution < 1.29 is 9.90 Å². The van der Waals surface area contributed by atoms with Crippen LogP contribution in [-0.4, -0.2) is 15.6 Å². The van der Waals surface area contributed by atoms with Crippen LogP contribution in [0.4, 0.5) is 11.4 Å². The Morgan fingerprint density at radius 1 is 1.00 bits per heavy atom. The normalized spacial score (nSPS) is 11.1. The zero-order chi connectivity index (χ0) is 20.4. The number of benzene rings is 3. The van der Waals surface area contributed by atoms with Gasteiger partial charge in [0.05, 0.1) is 11.3 Å². The SMILES string of the molecule is CC(C)c1ccc(Nc2ccc3c(ccn3Cc3ccccc3)c2)c(C(=O)O)c1. The molecule has 0 spiro atoms. The van der Waals surface area contributed by atoms with E-state index in [0.29, 0.717) is 5.69 Å². The van der Waals surface area contributed by atoms with Crippen molar-refractivity contribution >= 4 is 28.2 Å². The number of aromatic carboxylic acids is 1. The molecule has 4 heteroatoms. The Balaban J connectivity index is 1.62. The summed E-state index contributed by atoms with van der Waals surface area (Å²) in [6.07, 6.45) is 2.08. The van der Waals surface area contributed by atoms with Gasteiger partial charge in [-0.15, -0.1) is 0 Å². The number of aromatic nitrogens is 1. The monoisotopic (exact) mass is 384 g/mol. The molecule has 29 heavy (non-hydrogen) atoms. The molecule has 0 fully saturated rings. The largest absolute Gasteiger partial charge is 0.478 e. The minimum absolute atomic E-state index is 0.280. The highest BCUT2D eigenvalue weighted by molar-refractivity contribution is 5.96. The standard InChI is InChI=1S/C25H24N2O2/c1-17(2)19-8-10-23(22(15-19)25(28)29)26-21-9-11-24-20(14-21)12-13-27(24)16-18-6-4-3-5-7-18/h3-15,17,26H,16H2,1-2H3,(H,28,29). The molecule has 0 aliphatic rings. The predicted octanol–water partition coefficient (Wildman–Crippen LogP) is 6.25. The first kappa shape index (κ1) is 18.8. The second-order valence-corrected chi connectivity index (χ2v) is 7.59. The van der Waals surface area contributed by atoms with Gasteiger partial charge in [0.1, 0.15) is 0 Å². The Labute approximate surface area is 170 Å². The summed E-state index contributed by atoms with van der Waals surface area (Å²) in [5, 5.41) is 14.0. The van der Waals surface area contributed by atoms with Gasteiger partial charge in [-0.05, 0) is 53.4 Å². The first-order chi connectivity index (χ1) is 14.0. The third kappa shape index (κ3) is 4.02. The third-order valence-electron chi connectivity index (χ3n) is 5.19. The molecule has 0 amide bonds. The van der Waals surface area contributed by atoms with Crippen molar-refractivity contribution in [1.82, 2.24) is 4.57 Å². The van der Waals surface area contributed by atoms with E-state index in [4.69, 9.17) is 0 Å². The highest BCUT2D eigenvalue weighted by Crippen LogP contribution is 2.28. The molecular formula is C25H24N2O2. The summed E-state index contributed by atoms with van der Waals surface area (Å²) in [4.78, 5) is 11.7. The van der Waals surface area contributed by atoms with Crippen LogP contribution in [0.1, 0.15) is 41.3 Å². The number of nitrogens with zero attached hydrogens (tertiary/aromatic N) is 1. The number of carboxylic acid groups (broad SMARTS) is 1. The van der Waals surface area contributed by atoms with Crippen molar-refractivity contribution in [3.05, 3.63) is 95.7 Å². The highest BCUT2D eigenvalue weighted by atomic mass is 16.4. The van der Waals surface area contributed by atoms with Crippen LogP contribution in [0.2, 0.25) is 0 Å². The Morgan fingerprint density at radius 3 is 2.52 bits per heavy atom. The molecule has 0 radical (unpaired) electrons. The number of hydrogen-bond donors (Lipinski definition) is 2. The Hall–Kier alpha value is -3.53. The number of carboxylic acids is 1. The molecule has 0 saturated carbocycles. The molecule has 4 aromatic rings. The van der Waals surface area contributed by atoms with Crippen LogP contribution >= 0.6 is 0 Å². The molecule has 0 unspecified atom stereocenters. The van der Waals surface area contributed by atoms with Crippen molar-refractivity contribution in [1.29, 1.82) is 0 Å². The lowest BCUT2D eigenvalue weighted by Crippen LogP contribution is -2.04. The van der Waals surface area contributed by atoms with Gasteiger partial charge in [-0.25, -0.2) is 4.79 Å². The van der Waals surface area contributed by atoms with Gasteiger partial charge < -0.3 is 15.0 Å². The molecule has 0 aliphatic carbocycles. The lowest BCUT2D eigenvalue weighted by atomic mass is 9.99. The van der Waals surface area contributed by atoms with Crippen molar-refractivity contribution in [2.24, 2.45) is 0 Å². The fourth-order valence-electron chi connectivity index (χ4n) is 3.56. The number of nitrogens with one attached hydrogen (secondary N) is 1. The Morgan fingerprint density at radius 2 is 1.79 bits per heavy atom. The molecule has 4 nitrogen and oxygen atoms in total. The minimum atomic E-state index is -0.926. The maximum atomic E-state index is 11.7. The summed E-state index contributed by atoms with van der Waals surface area (Å²) in [5.74, 6) is -0.645. The fraction of sp³-hybridized carbons (Fsp3) is 0.160. The smallest absolute Gasteiger partial charge is 0.337 e. The van der Waals surface area contributed by atoms with Crippen LogP contribution in [0.25, 0.3) is 10.9 Å². The molecule has 0 saturated heterocycles. The van der Waals surface area contributed by atoms with Crippen molar-refractivity contribution in [2.75, 3.05) is 5.32 Å². The van der Waals surface area contributed by atoms with Gasteiger partial charge in [-0.3, -0.25) is 0 Å². The molecule has 4 rings (SSSR count). The molecule has 0 bridgehead atoms. The number of rotatable bonds is 6. The summed E-state index contributed by atoms with van der Waals surface area (Å²) >= 11 is 0. The lowest BCUT2D eigenvalue weighted by molar-refractivity contribution is 0.0698. The van der Waals surface area contributed by atoms with E-state index in [9.17, 15) is 9.90 Å². The quantitative estimate of drug-likeness (QED) is 0.413. The molecule has 0 atom stereocenters. The van der Waals surface area contributed by atoms with Crippen molar-refractivity contribution in [3.8, 4) is 0 Å². The van der Waals surface area contributed by atoms with E-state index in [0.717, 1.165) is 28.7 Å². The second kappa shape index (κ2) is 7.84. The van der Waals surface area contributed by atoms with E-state index in [1.54, 1.807) is 6.07 Å². The fourth-order valence-corrected chi connectivity index (χ4v) is 3.56. The van der Waals surface area contributed by atoms with E-state index in [2.05, 4.69) is 60.3 Å². The topological polar surface area (TPSA) is 54.3 Å². The van der Waals surface area contributed by atoms with E-state index >= 15 is 0 Å². The summed E-state index contributed by atoms with van der Waals surface area (Å²) in [6.45, 7) is 4.93. The first-order valence-electron chi connectivity index (χ1n) is 9.78. The van der Waals surface area contributed by atoms with Gasteiger partial charge >= 0.3 is 5.97 Å². The average Bonchev–Trinajstić information content (AvgIpc) is 3.10. The third-order valence-corrected chi connectivity index (χ3v) is 5.19. The zero-order valence-corrected chi connectivity index (χ0v) is 16.6. The molecule has 3 aromatic carbocycles. The number of hydrogen-bond acceptors (Lipinski definition) is 2. The molecule has 2 N–H and O–H groups in total. The molecule has 146 valence electrons. The second-order valence-electron chi connectivity index (χ2n) is 7.59. The molecule has 1 aromatic heterocycles. The van der Waals surface area contributed by atoms with E-state index in [1.807, 2.05) is 36.4 Å². The summed E-state index contributed by atoms with van der Waals surface area (Å²) < 4.78 is 2.22. The number of anilines is 2. The highest BCUT2D eigenvalue weighted by Gasteiger charge is 2.13. The molecule has 1 heterocycles. The summed E-state index contributed by atoms with van der Waals surface area (Å²) in [5.41, 5.74) is 5.18. The molecule has 0 aliphatic heterocycles.